The van der Waals surface area contributed by atoms with Gasteiger partial charge in [-0.05, 0) is 57.7 Å². The van der Waals surface area contributed by atoms with Crippen LogP contribution >= 0.6 is 0 Å². The van der Waals surface area contributed by atoms with Crippen molar-refractivity contribution >= 4 is 0 Å². The van der Waals surface area contributed by atoms with Gasteiger partial charge in [0.05, 0.1) is 5.69 Å². The summed E-state index contributed by atoms with van der Waals surface area (Å²) in [5.74, 6) is 2.47. The van der Waals surface area contributed by atoms with E-state index in [0.29, 0.717) is 18.1 Å². The van der Waals surface area contributed by atoms with Crippen LogP contribution < -0.4 is 4.74 Å². The van der Waals surface area contributed by atoms with E-state index in [1.807, 2.05) is 34.6 Å². The summed E-state index contributed by atoms with van der Waals surface area (Å²) in [6, 6.07) is 0. The lowest BCUT2D eigenvalue weighted by Gasteiger charge is -2.35. The highest BCUT2D eigenvalue weighted by Gasteiger charge is 2.40. The monoisotopic (exact) mass is 331 g/mol. The fraction of sp³-hybridized carbons (Fsp3) is 0.526. The molecular weight excluding hydrogens is 306 g/mol. The predicted octanol–water partition coefficient (Wildman–Crippen LogP) is 3.39. The Morgan fingerprint density at radius 2 is 1.83 bits per heavy atom. The number of hydrogen-bond acceptors (Lipinski definition) is 5. The van der Waals surface area contributed by atoms with Crippen LogP contribution in [-0.2, 0) is 18.4 Å². The Kier molecular flexibility index (Phi) is 4.08. The lowest BCUT2D eigenvalue weighted by Crippen LogP contribution is -2.35. The molecule has 1 atom stereocenters. The average molecular weight is 331 g/mol. The fourth-order valence-corrected chi connectivity index (χ4v) is 3.39. The zero-order valence-corrected chi connectivity index (χ0v) is 15.0. The molecule has 130 valence electrons. The summed E-state index contributed by atoms with van der Waals surface area (Å²) in [6.07, 6.45) is 2.00. The summed E-state index contributed by atoms with van der Waals surface area (Å²) >= 11 is 0. The van der Waals surface area contributed by atoms with Gasteiger partial charge in [0, 0.05) is 25.0 Å². The van der Waals surface area contributed by atoms with Crippen molar-refractivity contribution < 1.29 is 19.4 Å². The number of phenols is 1. The van der Waals surface area contributed by atoms with Gasteiger partial charge in [-0.1, -0.05) is 0 Å². The van der Waals surface area contributed by atoms with Crippen molar-refractivity contribution in [3.63, 3.8) is 0 Å². The Morgan fingerprint density at radius 1 is 1.12 bits per heavy atom. The molecule has 24 heavy (non-hydrogen) atoms. The highest BCUT2D eigenvalue weighted by molar-refractivity contribution is 5.58. The first-order valence-electron chi connectivity index (χ1n) is 8.36. The molecule has 1 unspecified atom stereocenters. The Balaban J connectivity index is 2.04. The third-order valence-corrected chi connectivity index (χ3v) is 5.21. The van der Waals surface area contributed by atoms with E-state index in [9.17, 15) is 5.11 Å². The molecule has 0 spiro atoms. The molecule has 0 bridgehead atoms. The van der Waals surface area contributed by atoms with Crippen LogP contribution in [-0.4, -0.2) is 21.8 Å². The van der Waals surface area contributed by atoms with E-state index in [-0.39, 0.29) is 6.61 Å². The SMILES string of the molecule is Cc1oc(C2(C)CCc3c(C)c(O)c(C)c(C)c3O2)nc1CCO. The van der Waals surface area contributed by atoms with Gasteiger partial charge in [0.25, 0.3) is 0 Å². The summed E-state index contributed by atoms with van der Waals surface area (Å²) in [5, 5.41) is 19.4. The standard InChI is InChI=1S/C19H25NO4/c1-10-11(2)17-14(12(3)16(10)22)6-8-19(5,24-17)18-20-15(7-9-21)13(4)23-18/h21-22H,6-9H2,1-5H3. The smallest absolute Gasteiger partial charge is 0.238 e. The van der Waals surface area contributed by atoms with Gasteiger partial charge in [-0.15, -0.1) is 0 Å². The second-order valence-electron chi connectivity index (χ2n) is 6.86. The van der Waals surface area contributed by atoms with Gasteiger partial charge in [-0.2, -0.15) is 0 Å². The van der Waals surface area contributed by atoms with Crippen molar-refractivity contribution in [2.24, 2.45) is 0 Å². The number of fused-ring (bicyclic) bond motifs is 1. The van der Waals surface area contributed by atoms with Gasteiger partial charge in [0.15, 0.2) is 5.60 Å². The van der Waals surface area contributed by atoms with Crippen LogP contribution in [0.1, 0.15) is 52.9 Å². The van der Waals surface area contributed by atoms with Crippen LogP contribution in [0, 0.1) is 27.7 Å². The Labute approximate surface area is 142 Å². The summed E-state index contributed by atoms with van der Waals surface area (Å²) in [4.78, 5) is 4.56. The largest absolute Gasteiger partial charge is 0.507 e. The lowest BCUT2D eigenvalue weighted by atomic mass is 9.87. The quantitative estimate of drug-likeness (QED) is 0.901. The molecule has 0 aliphatic carbocycles. The first-order chi connectivity index (χ1) is 11.3. The number of benzene rings is 1. The number of aryl methyl sites for hydroxylation is 1. The molecule has 0 radical (unpaired) electrons. The van der Waals surface area contributed by atoms with Gasteiger partial charge >= 0.3 is 0 Å². The molecule has 0 saturated heterocycles. The molecule has 0 fully saturated rings. The van der Waals surface area contributed by atoms with Crippen molar-refractivity contribution in [1.29, 1.82) is 0 Å². The molecule has 2 heterocycles. The van der Waals surface area contributed by atoms with E-state index in [4.69, 9.17) is 14.3 Å². The first-order valence-corrected chi connectivity index (χ1v) is 8.36. The number of ether oxygens (including phenoxy) is 1. The number of phenolic OH excluding ortho intramolecular Hbond substituents is 1. The number of aliphatic hydroxyl groups is 1. The normalized spacial score (nSPS) is 19.9. The molecule has 5 nitrogen and oxygen atoms in total. The summed E-state index contributed by atoms with van der Waals surface area (Å²) in [5.41, 5.74) is 3.88. The van der Waals surface area contributed by atoms with Crippen LogP contribution in [0.2, 0.25) is 0 Å². The van der Waals surface area contributed by atoms with Crippen molar-refractivity contribution in [2.45, 2.75) is 59.5 Å². The molecule has 5 heteroatoms. The molecule has 2 aromatic rings. The Morgan fingerprint density at radius 3 is 2.50 bits per heavy atom. The average Bonchev–Trinajstić information content (AvgIpc) is 2.93. The van der Waals surface area contributed by atoms with Crippen molar-refractivity contribution in [3.8, 4) is 11.5 Å². The van der Waals surface area contributed by atoms with E-state index >= 15 is 0 Å². The summed E-state index contributed by atoms with van der Waals surface area (Å²) < 4.78 is 12.2. The van der Waals surface area contributed by atoms with Gasteiger partial charge in [-0.25, -0.2) is 4.98 Å². The van der Waals surface area contributed by atoms with Crippen molar-refractivity contribution in [1.82, 2.24) is 4.98 Å². The number of aromatic nitrogens is 1. The van der Waals surface area contributed by atoms with E-state index in [1.165, 1.54) is 0 Å². The van der Waals surface area contributed by atoms with Crippen molar-refractivity contribution in [3.05, 3.63) is 39.6 Å². The zero-order valence-electron chi connectivity index (χ0n) is 15.0. The van der Waals surface area contributed by atoms with Crippen molar-refractivity contribution in [2.75, 3.05) is 6.61 Å². The molecule has 3 rings (SSSR count). The second-order valence-corrected chi connectivity index (χ2v) is 6.86. The maximum Gasteiger partial charge on any atom is 0.238 e. The minimum absolute atomic E-state index is 0.0456. The number of nitrogens with zero attached hydrogens (tertiary/aromatic N) is 1. The topological polar surface area (TPSA) is 75.7 Å². The van der Waals surface area contributed by atoms with Gasteiger partial charge in [0.2, 0.25) is 5.89 Å². The first kappa shape index (κ1) is 16.8. The number of rotatable bonds is 3. The van der Waals surface area contributed by atoms with Crippen LogP contribution in [0.3, 0.4) is 0 Å². The van der Waals surface area contributed by atoms with Gasteiger partial charge in [-0.3, -0.25) is 0 Å². The molecule has 0 amide bonds. The molecule has 1 aromatic carbocycles. The number of hydrogen-bond donors (Lipinski definition) is 2. The highest BCUT2D eigenvalue weighted by Crippen LogP contribution is 2.46. The Bertz CT molecular complexity index is 793. The van der Waals surface area contributed by atoms with Crippen LogP contribution in [0.25, 0.3) is 0 Å². The number of oxazole rings is 1. The second kappa shape index (κ2) is 5.81. The minimum atomic E-state index is -0.647. The van der Waals surface area contributed by atoms with E-state index in [2.05, 4.69) is 4.98 Å². The lowest BCUT2D eigenvalue weighted by molar-refractivity contribution is 0.0328. The highest BCUT2D eigenvalue weighted by atomic mass is 16.5. The molecule has 1 aromatic heterocycles. The van der Waals surface area contributed by atoms with E-state index in [1.54, 1.807) is 0 Å². The van der Waals surface area contributed by atoms with Crippen LogP contribution in [0.15, 0.2) is 4.42 Å². The van der Waals surface area contributed by atoms with Crippen LogP contribution in [0.5, 0.6) is 11.5 Å². The molecular formula is C19H25NO4. The molecule has 1 aliphatic rings. The Hall–Kier alpha value is -2.01. The van der Waals surface area contributed by atoms with Gasteiger partial charge < -0.3 is 19.4 Å². The van der Waals surface area contributed by atoms with E-state index < -0.39 is 5.60 Å². The fourth-order valence-electron chi connectivity index (χ4n) is 3.39. The number of aliphatic hydroxyl groups excluding tert-OH is 1. The zero-order chi connectivity index (χ0) is 17.6. The van der Waals surface area contributed by atoms with E-state index in [0.717, 1.165) is 52.3 Å². The maximum atomic E-state index is 10.3. The third-order valence-electron chi connectivity index (χ3n) is 5.21. The maximum absolute atomic E-state index is 10.3. The van der Waals surface area contributed by atoms with Crippen LogP contribution in [0.4, 0.5) is 0 Å². The molecule has 0 saturated carbocycles. The third kappa shape index (κ3) is 2.47. The predicted molar refractivity (Wildman–Crippen MR) is 90.6 cm³/mol. The van der Waals surface area contributed by atoms with Gasteiger partial charge in [0.1, 0.15) is 17.3 Å². The number of aromatic hydroxyl groups is 1. The summed E-state index contributed by atoms with van der Waals surface area (Å²) in [7, 11) is 0. The molecule has 1 aliphatic heterocycles. The molecule has 2 N–H and O–H groups in total. The summed E-state index contributed by atoms with van der Waals surface area (Å²) in [6.45, 7) is 9.70. The minimum Gasteiger partial charge on any atom is -0.507 e.